The SMILES string of the molecule is FC(F)(F)c1cnc[c]c1Cl. The van der Waals surface area contributed by atoms with Gasteiger partial charge in [0.1, 0.15) is 0 Å². The van der Waals surface area contributed by atoms with Gasteiger partial charge in [0.2, 0.25) is 0 Å². The van der Waals surface area contributed by atoms with Gasteiger partial charge in [-0.1, -0.05) is 11.6 Å². The Balaban J connectivity index is 3.14. The van der Waals surface area contributed by atoms with E-state index in [-0.39, 0.29) is 0 Å². The van der Waals surface area contributed by atoms with E-state index in [9.17, 15) is 13.2 Å². The van der Waals surface area contributed by atoms with Crippen molar-refractivity contribution in [3.05, 3.63) is 29.0 Å². The molecule has 0 bridgehead atoms. The molecule has 0 aliphatic carbocycles. The van der Waals surface area contributed by atoms with Gasteiger partial charge < -0.3 is 0 Å². The molecule has 1 nitrogen and oxygen atoms in total. The second kappa shape index (κ2) is 2.70. The Morgan fingerprint density at radius 1 is 1.45 bits per heavy atom. The summed E-state index contributed by atoms with van der Waals surface area (Å²) in [5.74, 6) is 0. The minimum absolute atomic E-state index is 0.451. The van der Waals surface area contributed by atoms with Crippen LogP contribution in [0.25, 0.3) is 0 Å². The number of alkyl halides is 3. The van der Waals surface area contributed by atoms with E-state index in [1.54, 1.807) is 0 Å². The van der Waals surface area contributed by atoms with Crippen LogP contribution in [-0.2, 0) is 6.18 Å². The maximum absolute atomic E-state index is 11.9. The van der Waals surface area contributed by atoms with Gasteiger partial charge in [-0.15, -0.1) is 0 Å². The molecule has 0 aromatic carbocycles. The lowest BCUT2D eigenvalue weighted by molar-refractivity contribution is -0.137. The Morgan fingerprint density at radius 3 is 2.45 bits per heavy atom. The fraction of sp³-hybridized carbons (Fsp3) is 0.167. The van der Waals surface area contributed by atoms with Gasteiger partial charge >= 0.3 is 6.18 Å². The monoisotopic (exact) mass is 180 g/mol. The van der Waals surface area contributed by atoms with E-state index in [2.05, 4.69) is 11.1 Å². The normalized spacial score (nSPS) is 11.6. The van der Waals surface area contributed by atoms with Crippen LogP contribution < -0.4 is 0 Å². The molecule has 0 amide bonds. The van der Waals surface area contributed by atoms with E-state index in [1.807, 2.05) is 0 Å². The number of hydrogen-bond donors (Lipinski definition) is 0. The van der Waals surface area contributed by atoms with Crippen molar-refractivity contribution in [1.29, 1.82) is 0 Å². The van der Waals surface area contributed by atoms with E-state index >= 15 is 0 Å². The summed E-state index contributed by atoms with van der Waals surface area (Å²) in [6.45, 7) is 0. The van der Waals surface area contributed by atoms with Crippen molar-refractivity contribution in [3.8, 4) is 0 Å². The van der Waals surface area contributed by atoms with E-state index in [0.717, 1.165) is 6.20 Å². The van der Waals surface area contributed by atoms with Gasteiger partial charge in [-0.25, -0.2) is 0 Å². The molecule has 1 radical (unpaired) electrons. The lowest BCUT2D eigenvalue weighted by Crippen LogP contribution is -2.05. The smallest absolute Gasteiger partial charge is 0.263 e. The highest BCUT2D eigenvalue weighted by molar-refractivity contribution is 6.31. The highest BCUT2D eigenvalue weighted by Gasteiger charge is 2.33. The first-order chi connectivity index (χ1) is 5.02. The van der Waals surface area contributed by atoms with Gasteiger partial charge in [0, 0.05) is 18.5 Å². The van der Waals surface area contributed by atoms with E-state index in [4.69, 9.17) is 11.6 Å². The number of pyridine rings is 1. The van der Waals surface area contributed by atoms with E-state index < -0.39 is 16.8 Å². The molecular formula is C6H2ClF3N. The van der Waals surface area contributed by atoms with Crippen molar-refractivity contribution in [1.82, 2.24) is 4.98 Å². The van der Waals surface area contributed by atoms with Crippen LogP contribution in [0.15, 0.2) is 12.4 Å². The molecule has 5 heteroatoms. The summed E-state index contributed by atoms with van der Waals surface area (Å²) in [6, 6.07) is 2.14. The van der Waals surface area contributed by atoms with Crippen LogP contribution in [0.4, 0.5) is 13.2 Å². The van der Waals surface area contributed by atoms with Crippen molar-refractivity contribution in [2.24, 2.45) is 0 Å². The molecule has 0 aliphatic rings. The lowest BCUT2D eigenvalue weighted by Gasteiger charge is -2.05. The molecule has 1 rings (SSSR count). The molecule has 1 aromatic heterocycles. The van der Waals surface area contributed by atoms with Gasteiger partial charge in [-0.2, -0.15) is 13.2 Å². The quantitative estimate of drug-likeness (QED) is 0.598. The van der Waals surface area contributed by atoms with Gasteiger partial charge in [-0.3, -0.25) is 4.98 Å². The predicted octanol–water partition coefficient (Wildman–Crippen LogP) is 2.55. The molecule has 1 heterocycles. The minimum atomic E-state index is -4.44. The summed E-state index contributed by atoms with van der Waals surface area (Å²) in [7, 11) is 0. The number of nitrogens with zero attached hydrogens (tertiary/aromatic N) is 1. The van der Waals surface area contributed by atoms with Crippen LogP contribution in [0.5, 0.6) is 0 Å². The fourth-order valence-corrected chi connectivity index (χ4v) is 0.743. The molecule has 1 aromatic rings. The van der Waals surface area contributed by atoms with Crippen LogP contribution >= 0.6 is 11.6 Å². The largest absolute Gasteiger partial charge is 0.419 e. The predicted molar refractivity (Wildman–Crippen MR) is 33.1 cm³/mol. The molecule has 0 saturated heterocycles. The first-order valence-electron chi connectivity index (χ1n) is 2.60. The third-order valence-corrected chi connectivity index (χ3v) is 1.32. The van der Waals surface area contributed by atoms with E-state index in [1.165, 1.54) is 0 Å². The van der Waals surface area contributed by atoms with E-state index in [0.29, 0.717) is 6.20 Å². The van der Waals surface area contributed by atoms with Crippen LogP contribution in [0.3, 0.4) is 0 Å². The molecule has 0 unspecified atom stereocenters. The third-order valence-electron chi connectivity index (χ3n) is 1.01. The molecule has 0 saturated carbocycles. The second-order valence-electron chi connectivity index (χ2n) is 1.78. The zero-order valence-electron chi connectivity index (χ0n) is 5.11. The second-order valence-corrected chi connectivity index (χ2v) is 2.15. The Kier molecular flexibility index (Phi) is 2.04. The first kappa shape index (κ1) is 8.33. The lowest BCUT2D eigenvalue weighted by atomic mass is 10.3. The molecule has 0 N–H and O–H groups in total. The summed E-state index contributed by atoms with van der Waals surface area (Å²) < 4.78 is 35.7. The maximum atomic E-state index is 11.9. The van der Waals surface area contributed by atoms with Gasteiger partial charge in [0.05, 0.1) is 10.6 Å². The summed E-state index contributed by atoms with van der Waals surface area (Å²) >= 11 is 5.19. The van der Waals surface area contributed by atoms with Crippen LogP contribution in [0.1, 0.15) is 5.56 Å². The van der Waals surface area contributed by atoms with Crippen molar-refractivity contribution < 1.29 is 13.2 Å². The minimum Gasteiger partial charge on any atom is -0.263 e. The summed E-state index contributed by atoms with van der Waals surface area (Å²) in [5, 5.41) is -0.451. The van der Waals surface area contributed by atoms with Crippen LogP contribution in [0, 0.1) is 6.07 Å². The highest BCUT2D eigenvalue weighted by Crippen LogP contribution is 2.33. The highest BCUT2D eigenvalue weighted by atomic mass is 35.5. The average molecular weight is 181 g/mol. The topological polar surface area (TPSA) is 12.9 Å². The fourth-order valence-electron chi connectivity index (χ4n) is 0.538. The Bertz CT molecular complexity index is 258. The van der Waals surface area contributed by atoms with Crippen LogP contribution in [0.2, 0.25) is 5.02 Å². The molecule has 0 spiro atoms. The third kappa shape index (κ3) is 1.83. The zero-order chi connectivity index (χ0) is 8.48. The Hall–Kier alpha value is -0.770. The number of halogens is 4. The zero-order valence-corrected chi connectivity index (χ0v) is 5.87. The van der Waals surface area contributed by atoms with Gasteiger partial charge in [0.15, 0.2) is 0 Å². The standard InChI is InChI=1S/C6H2ClF3N/c7-5-1-2-11-3-4(5)6(8,9)10/h2-3H. The van der Waals surface area contributed by atoms with Gasteiger partial charge in [-0.05, 0) is 0 Å². The average Bonchev–Trinajstić information content (AvgIpc) is 1.86. The summed E-state index contributed by atoms with van der Waals surface area (Å²) in [5.41, 5.74) is -0.957. The van der Waals surface area contributed by atoms with Gasteiger partial charge in [0.25, 0.3) is 0 Å². The number of hydrogen-bond acceptors (Lipinski definition) is 1. The Labute approximate surface area is 65.8 Å². The maximum Gasteiger partial charge on any atom is 0.419 e. The first-order valence-corrected chi connectivity index (χ1v) is 2.98. The summed E-state index contributed by atoms with van der Waals surface area (Å²) in [4.78, 5) is 3.25. The number of rotatable bonds is 0. The molecule has 59 valence electrons. The molecule has 0 atom stereocenters. The molecular weight excluding hydrogens is 179 g/mol. The molecule has 11 heavy (non-hydrogen) atoms. The van der Waals surface area contributed by atoms with Crippen molar-refractivity contribution in [2.75, 3.05) is 0 Å². The molecule has 0 fully saturated rings. The summed E-state index contributed by atoms with van der Waals surface area (Å²) in [6.07, 6.45) is -2.70. The molecule has 0 aliphatic heterocycles. The van der Waals surface area contributed by atoms with Crippen molar-refractivity contribution in [3.63, 3.8) is 0 Å². The number of aromatic nitrogens is 1. The Morgan fingerprint density at radius 2 is 2.09 bits per heavy atom. The van der Waals surface area contributed by atoms with Crippen LogP contribution in [-0.4, -0.2) is 4.98 Å². The van der Waals surface area contributed by atoms with Crippen molar-refractivity contribution in [2.45, 2.75) is 6.18 Å². The van der Waals surface area contributed by atoms with Crippen molar-refractivity contribution >= 4 is 11.6 Å².